The van der Waals surface area contributed by atoms with E-state index in [0.29, 0.717) is 45.6 Å². The normalized spacial score (nSPS) is 22.2. The maximum absolute atomic E-state index is 12.1. The summed E-state index contributed by atoms with van der Waals surface area (Å²) >= 11 is 0. The third-order valence-electron chi connectivity index (χ3n) is 4.10. The van der Waals surface area contributed by atoms with Crippen molar-refractivity contribution >= 4 is 11.9 Å². The smallest absolute Gasteiger partial charge is 0.311 e. The maximum atomic E-state index is 12.1. The number of aliphatic carboxylic acids is 1. The van der Waals surface area contributed by atoms with Gasteiger partial charge in [-0.15, -0.1) is 6.58 Å². The van der Waals surface area contributed by atoms with E-state index in [0.717, 1.165) is 0 Å². The molecule has 0 aromatic heterocycles. The molecule has 20 heavy (non-hydrogen) atoms. The molecular formula is C15H25NO4. The Bertz CT molecular complexity index is 367. The molecule has 1 N–H and O–H groups in total. The van der Waals surface area contributed by atoms with Crippen molar-refractivity contribution in [1.82, 2.24) is 4.90 Å². The van der Waals surface area contributed by atoms with Gasteiger partial charge >= 0.3 is 5.97 Å². The highest BCUT2D eigenvalue weighted by Gasteiger charge is 2.48. The van der Waals surface area contributed by atoms with Crippen molar-refractivity contribution in [3.63, 3.8) is 0 Å². The number of nitrogens with zero attached hydrogens (tertiary/aromatic N) is 1. The van der Waals surface area contributed by atoms with Crippen molar-refractivity contribution in [2.75, 3.05) is 26.3 Å². The number of amides is 1. The molecule has 0 aromatic rings. The van der Waals surface area contributed by atoms with E-state index in [4.69, 9.17) is 4.74 Å². The summed E-state index contributed by atoms with van der Waals surface area (Å²) in [5.74, 6) is -0.748. The summed E-state index contributed by atoms with van der Waals surface area (Å²) in [7, 11) is 0. The van der Waals surface area contributed by atoms with Crippen LogP contribution in [0, 0.1) is 11.3 Å². The van der Waals surface area contributed by atoms with E-state index in [9.17, 15) is 14.7 Å². The zero-order valence-corrected chi connectivity index (χ0v) is 12.4. The fourth-order valence-corrected chi connectivity index (χ4v) is 2.59. The zero-order valence-electron chi connectivity index (χ0n) is 12.4. The second-order valence-electron chi connectivity index (χ2n) is 5.65. The number of rotatable bonds is 8. The van der Waals surface area contributed by atoms with E-state index in [1.165, 1.54) is 0 Å². The highest BCUT2D eigenvalue weighted by atomic mass is 16.5. The molecule has 5 heteroatoms. The Hall–Kier alpha value is -1.36. The molecule has 1 aliphatic rings. The lowest BCUT2D eigenvalue weighted by Gasteiger charge is -2.28. The van der Waals surface area contributed by atoms with E-state index >= 15 is 0 Å². The molecule has 1 saturated heterocycles. The highest BCUT2D eigenvalue weighted by molar-refractivity contribution is 5.80. The lowest BCUT2D eigenvalue weighted by atomic mass is 9.76. The SMILES string of the molecule is C=CCOCCCC(=O)N1CCC(C(=O)O)(C(C)C)C1. The molecule has 5 nitrogen and oxygen atoms in total. The molecule has 0 radical (unpaired) electrons. The summed E-state index contributed by atoms with van der Waals surface area (Å²) in [6, 6.07) is 0. The van der Waals surface area contributed by atoms with Gasteiger partial charge in [-0.3, -0.25) is 9.59 Å². The van der Waals surface area contributed by atoms with Crippen LogP contribution >= 0.6 is 0 Å². The van der Waals surface area contributed by atoms with E-state index in [1.54, 1.807) is 11.0 Å². The zero-order chi connectivity index (χ0) is 15.2. The van der Waals surface area contributed by atoms with Crippen LogP contribution in [0.1, 0.15) is 33.1 Å². The Morgan fingerprint density at radius 1 is 1.50 bits per heavy atom. The van der Waals surface area contributed by atoms with Gasteiger partial charge in [0.2, 0.25) is 5.91 Å². The standard InChI is InChI=1S/C15H25NO4/c1-4-9-20-10-5-6-13(17)16-8-7-15(11-16,12(2)3)14(18)19/h4,12H,1,5-11H2,2-3H3,(H,18,19). The fourth-order valence-electron chi connectivity index (χ4n) is 2.59. The number of hydrogen-bond acceptors (Lipinski definition) is 3. The van der Waals surface area contributed by atoms with Crippen molar-refractivity contribution in [2.24, 2.45) is 11.3 Å². The highest BCUT2D eigenvalue weighted by Crippen LogP contribution is 2.38. The second-order valence-corrected chi connectivity index (χ2v) is 5.65. The maximum Gasteiger partial charge on any atom is 0.311 e. The van der Waals surface area contributed by atoms with Gasteiger partial charge in [0, 0.05) is 26.1 Å². The molecule has 0 aromatic carbocycles. The Morgan fingerprint density at radius 2 is 2.20 bits per heavy atom. The summed E-state index contributed by atoms with van der Waals surface area (Å²) in [6.07, 6.45) is 3.28. The molecule has 0 saturated carbocycles. The second kappa shape index (κ2) is 7.43. The summed E-state index contributed by atoms with van der Waals surface area (Å²) in [4.78, 5) is 25.2. The largest absolute Gasteiger partial charge is 0.481 e. The summed E-state index contributed by atoms with van der Waals surface area (Å²) < 4.78 is 5.23. The fraction of sp³-hybridized carbons (Fsp3) is 0.733. The molecule has 1 heterocycles. The predicted octanol–water partition coefficient (Wildman–Crippen LogP) is 1.93. The molecule has 0 bridgehead atoms. The number of carbonyl (C=O) groups excluding carboxylic acids is 1. The van der Waals surface area contributed by atoms with Gasteiger partial charge in [-0.1, -0.05) is 19.9 Å². The first-order chi connectivity index (χ1) is 9.44. The van der Waals surface area contributed by atoms with Crippen molar-refractivity contribution in [3.05, 3.63) is 12.7 Å². The molecule has 1 rings (SSSR count). The van der Waals surface area contributed by atoms with Crippen LogP contribution in [-0.2, 0) is 14.3 Å². The molecular weight excluding hydrogens is 258 g/mol. The monoisotopic (exact) mass is 283 g/mol. The molecule has 1 atom stereocenters. The molecule has 1 amide bonds. The van der Waals surface area contributed by atoms with Gasteiger partial charge in [-0.05, 0) is 18.8 Å². The van der Waals surface area contributed by atoms with Gasteiger partial charge in [0.25, 0.3) is 0 Å². The number of carboxylic acid groups (broad SMARTS) is 1. The third-order valence-corrected chi connectivity index (χ3v) is 4.10. The average Bonchev–Trinajstić information content (AvgIpc) is 2.84. The lowest BCUT2D eigenvalue weighted by Crippen LogP contribution is -2.40. The van der Waals surface area contributed by atoms with Crippen LogP contribution in [-0.4, -0.2) is 48.2 Å². The van der Waals surface area contributed by atoms with Crippen molar-refractivity contribution in [3.8, 4) is 0 Å². The minimum atomic E-state index is -0.794. The summed E-state index contributed by atoms with van der Waals surface area (Å²) in [6.45, 7) is 9.25. The Labute approximate surface area is 120 Å². The number of likely N-dealkylation sites (tertiary alicyclic amines) is 1. The molecule has 1 fully saturated rings. The molecule has 1 unspecified atom stereocenters. The Balaban J connectivity index is 2.44. The summed E-state index contributed by atoms with van der Waals surface area (Å²) in [5, 5.41) is 9.44. The van der Waals surface area contributed by atoms with Crippen LogP contribution in [0.2, 0.25) is 0 Å². The van der Waals surface area contributed by atoms with Crippen LogP contribution in [0.4, 0.5) is 0 Å². The van der Waals surface area contributed by atoms with E-state index in [-0.39, 0.29) is 11.8 Å². The first kappa shape index (κ1) is 16.7. The van der Waals surface area contributed by atoms with Crippen LogP contribution in [0.3, 0.4) is 0 Å². The van der Waals surface area contributed by atoms with Crippen LogP contribution < -0.4 is 0 Å². The van der Waals surface area contributed by atoms with E-state index < -0.39 is 11.4 Å². The number of hydrogen-bond donors (Lipinski definition) is 1. The average molecular weight is 283 g/mol. The minimum absolute atomic E-state index is 0.0220. The molecule has 0 aliphatic carbocycles. The van der Waals surface area contributed by atoms with Crippen LogP contribution in [0.5, 0.6) is 0 Å². The first-order valence-electron chi connectivity index (χ1n) is 7.14. The van der Waals surface area contributed by atoms with Crippen molar-refractivity contribution < 1.29 is 19.4 Å². The minimum Gasteiger partial charge on any atom is -0.481 e. The Kier molecular flexibility index (Phi) is 6.20. The summed E-state index contributed by atoms with van der Waals surface area (Å²) in [5.41, 5.74) is -0.783. The molecule has 1 aliphatic heterocycles. The van der Waals surface area contributed by atoms with Gasteiger partial charge in [0.15, 0.2) is 0 Å². The first-order valence-corrected chi connectivity index (χ1v) is 7.14. The third kappa shape index (κ3) is 3.82. The number of carboxylic acids is 1. The van der Waals surface area contributed by atoms with Crippen molar-refractivity contribution in [2.45, 2.75) is 33.1 Å². The lowest BCUT2D eigenvalue weighted by molar-refractivity contribution is -0.151. The predicted molar refractivity (Wildman–Crippen MR) is 76.4 cm³/mol. The number of carbonyl (C=O) groups is 2. The van der Waals surface area contributed by atoms with Gasteiger partial charge in [-0.2, -0.15) is 0 Å². The Morgan fingerprint density at radius 3 is 2.70 bits per heavy atom. The molecule has 0 spiro atoms. The topological polar surface area (TPSA) is 66.8 Å². The van der Waals surface area contributed by atoms with Crippen LogP contribution in [0.15, 0.2) is 12.7 Å². The number of ether oxygens (including phenoxy) is 1. The van der Waals surface area contributed by atoms with Crippen molar-refractivity contribution in [1.29, 1.82) is 0 Å². The van der Waals surface area contributed by atoms with Gasteiger partial charge in [-0.25, -0.2) is 0 Å². The van der Waals surface area contributed by atoms with Gasteiger partial charge in [0.05, 0.1) is 12.0 Å². The van der Waals surface area contributed by atoms with Crippen LogP contribution in [0.25, 0.3) is 0 Å². The van der Waals surface area contributed by atoms with Gasteiger partial charge < -0.3 is 14.7 Å². The van der Waals surface area contributed by atoms with Gasteiger partial charge in [0.1, 0.15) is 0 Å². The quantitative estimate of drug-likeness (QED) is 0.546. The van der Waals surface area contributed by atoms with E-state index in [2.05, 4.69) is 6.58 Å². The molecule has 114 valence electrons. The van der Waals surface area contributed by atoms with E-state index in [1.807, 2.05) is 13.8 Å².